The summed E-state index contributed by atoms with van der Waals surface area (Å²) in [5.74, 6) is 0. The molecule has 298 valence electrons. The van der Waals surface area contributed by atoms with E-state index in [4.69, 9.17) is 0 Å². The van der Waals surface area contributed by atoms with Crippen LogP contribution in [0.4, 0.5) is 0 Å². The van der Waals surface area contributed by atoms with Crippen molar-refractivity contribution in [2.24, 2.45) is 0 Å². The van der Waals surface area contributed by atoms with Crippen LogP contribution in [0, 0.1) is 11.3 Å². The van der Waals surface area contributed by atoms with Crippen LogP contribution in [0.5, 0.6) is 0 Å². The van der Waals surface area contributed by atoms with Gasteiger partial charge in [-0.2, -0.15) is 5.26 Å². The molecule has 0 aliphatic heterocycles. The smallest absolute Gasteiger partial charge is 0.0991 e. The fraction of sp³-hybridized carbons (Fsp3) is 0. The standard InChI is InChI=1S/C61H39N3/c62-40-41-24-26-46(27-25-41)61-57(63-55-34-30-47(42-14-5-1-6-15-42)36-53(55)51-32-28-49(38-59(51)63)44-18-9-3-10-19-44)22-13-23-58(61)64-56-35-31-48(43-16-7-2-8-17-43)37-54(56)52-33-29-50(39-60(52)64)45-20-11-4-12-21-45/h1-39H. The van der Waals surface area contributed by atoms with Crippen LogP contribution >= 0.6 is 0 Å². The fourth-order valence-electron chi connectivity index (χ4n) is 9.71. The maximum Gasteiger partial charge on any atom is 0.0991 e. The number of rotatable bonds is 7. The van der Waals surface area contributed by atoms with Crippen LogP contribution in [0.2, 0.25) is 0 Å². The highest BCUT2D eigenvalue weighted by atomic mass is 15.0. The third kappa shape index (κ3) is 6.20. The molecule has 12 aromatic rings. The van der Waals surface area contributed by atoms with Crippen LogP contribution in [0.3, 0.4) is 0 Å². The van der Waals surface area contributed by atoms with Gasteiger partial charge in [0.05, 0.1) is 45.1 Å². The van der Waals surface area contributed by atoms with E-state index in [0.717, 1.165) is 55.7 Å². The summed E-state index contributed by atoms with van der Waals surface area (Å²) in [7, 11) is 0. The molecule has 3 heteroatoms. The van der Waals surface area contributed by atoms with Gasteiger partial charge < -0.3 is 9.13 Å². The Balaban J connectivity index is 1.19. The van der Waals surface area contributed by atoms with Crippen molar-refractivity contribution in [2.75, 3.05) is 0 Å². The molecule has 0 radical (unpaired) electrons. The van der Waals surface area contributed by atoms with E-state index >= 15 is 0 Å². The summed E-state index contributed by atoms with van der Waals surface area (Å²) in [6.07, 6.45) is 0. The number of fused-ring (bicyclic) bond motifs is 6. The van der Waals surface area contributed by atoms with Crippen LogP contribution in [0.15, 0.2) is 237 Å². The maximum absolute atomic E-state index is 9.97. The Morgan fingerprint density at radius 2 is 0.625 bits per heavy atom. The molecule has 0 N–H and O–H groups in total. The van der Waals surface area contributed by atoms with Crippen molar-refractivity contribution in [3.63, 3.8) is 0 Å². The van der Waals surface area contributed by atoms with Gasteiger partial charge in [0.15, 0.2) is 0 Å². The fourth-order valence-corrected chi connectivity index (χ4v) is 9.71. The second kappa shape index (κ2) is 15.3. The molecule has 0 aliphatic carbocycles. The van der Waals surface area contributed by atoms with Crippen molar-refractivity contribution in [3.8, 4) is 73.1 Å². The molecule has 2 heterocycles. The third-order valence-corrected chi connectivity index (χ3v) is 12.8. The van der Waals surface area contributed by atoms with Crippen molar-refractivity contribution in [3.05, 3.63) is 242 Å². The SMILES string of the molecule is N#Cc1ccc(-c2c(-n3c4ccc(-c5ccccc5)cc4c4ccc(-c5ccccc5)cc43)cccc2-n2c3ccc(-c4ccccc4)cc3c3ccc(-c4ccccc4)cc32)cc1. The summed E-state index contributed by atoms with van der Waals surface area (Å²) < 4.78 is 4.92. The predicted octanol–water partition coefficient (Wildman–Crippen LogP) is 16.1. The van der Waals surface area contributed by atoms with Gasteiger partial charge in [0.1, 0.15) is 0 Å². The number of aromatic nitrogens is 2. The molecule has 0 saturated heterocycles. The third-order valence-electron chi connectivity index (χ3n) is 12.8. The van der Waals surface area contributed by atoms with Crippen molar-refractivity contribution in [2.45, 2.75) is 0 Å². The lowest BCUT2D eigenvalue weighted by Gasteiger charge is -2.20. The molecule has 2 aromatic heterocycles. The summed E-state index contributed by atoms with van der Waals surface area (Å²) in [6, 6.07) is 87.2. The molecule has 12 rings (SSSR count). The predicted molar refractivity (Wildman–Crippen MR) is 267 cm³/mol. The number of nitrogens with zero attached hydrogens (tertiary/aromatic N) is 3. The molecule has 10 aromatic carbocycles. The molecule has 0 amide bonds. The van der Waals surface area contributed by atoms with E-state index < -0.39 is 0 Å². The zero-order valence-corrected chi connectivity index (χ0v) is 34.9. The van der Waals surface area contributed by atoms with Gasteiger partial charge in [0.2, 0.25) is 0 Å². The van der Waals surface area contributed by atoms with Crippen molar-refractivity contribution < 1.29 is 0 Å². The summed E-state index contributed by atoms with van der Waals surface area (Å²) in [5.41, 5.74) is 18.7. The molecule has 0 spiro atoms. The number of benzene rings is 10. The Kier molecular flexibility index (Phi) is 8.88. The second-order valence-corrected chi connectivity index (χ2v) is 16.4. The van der Waals surface area contributed by atoms with Gasteiger partial charge >= 0.3 is 0 Å². The lowest BCUT2D eigenvalue weighted by molar-refractivity contribution is 1.14. The Morgan fingerprint density at radius 3 is 1.02 bits per heavy atom. The lowest BCUT2D eigenvalue weighted by atomic mass is 9.99. The maximum atomic E-state index is 9.97. The van der Waals surface area contributed by atoms with E-state index in [9.17, 15) is 5.26 Å². The van der Waals surface area contributed by atoms with Crippen LogP contribution in [0.25, 0.3) is 111 Å². The van der Waals surface area contributed by atoms with Crippen molar-refractivity contribution in [1.29, 1.82) is 5.26 Å². The average Bonchev–Trinajstić information content (AvgIpc) is 3.88. The normalized spacial score (nSPS) is 11.4. The summed E-state index contributed by atoms with van der Waals surface area (Å²) in [4.78, 5) is 0. The molecular weight excluding hydrogens is 775 g/mol. The quantitative estimate of drug-likeness (QED) is 0.158. The van der Waals surface area contributed by atoms with E-state index in [-0.39, 0.29) is 0 Å². The van der Waals surface area contributed by atoms with Gasteiger partial charge in [-0.05, 0) is 111 Å². The van der Waals surface area contributed by atoms with Gasteiger partial charge in [-0.25, -0.2) is 0 Å². The van der Waals surface area contributed by atoms with Crippen LogP contribution in [-0.2, 0) is 0 Å². The van der Waals surface area contributed by atoms with E-state index in [1.807, 2.05) is 12.1 Å². The second-order valence-electron chi connectivity index (χ2n) is 16.4. The van der Waals surface area contributed by atoms with E-state index in [0.29, 0.717) is 5.56 Å². The number of hydrogen-bond acceptors (Lipinski definition) is 1. The highest BCUT2D eigenvalue weighted by molar-refractivity contribution is 6.14. The number of hydrogen-bond donors (Lipinski definition) is 0. The van der Waals surface area contributed by atoms with Gasteiger partial charge in [-0.3, -0.25) is 0 Å². The molecular formula is C61H39N3. The Hall–Kier alpha value is -8.71. The summed E-state index contributed by atoms with van der Waals surface area (Å²) in [5, 5.41) is 14.7. The monoisotopic (exact) mass is 813 g/mol. The first-order valence-corrected chi connectivity index (χ1v) is 21.7. The van der Waals surface area contributed by atoms with Crippen LogP contribution in [-0.4, -0.2) is 9.13 Å². The molecule has 0 unspecified atom stereocenters. The van der Waals surface area contributed by atoms with E-state index in [1.165, 1.54) is 54.9 Å². The molecule has 64 heavy (non-hydrogen) atoms. The van der Waals surface area contributed by atoms with Crippen molar-refractivity contribution >= 4 is 43.6 Å². The molecule has 0 bridgehead atoms. The van der Waals surface area contributed by atoms with Crippen LogP contribution < -0.4 is 0 Å². The minimum absolute atomic E-state index is 0.624. The van der Waals surface area contributed by atoms with Gasteiger partial charge in [-0.15, -0.1) is 0 Å². The minimum Gasteiger partial charge on any atom is -0.309 e. The van der Waals surface area contributed by atoms with Crippen LogP contribution in [0.1, 0.15) is 5.56 Å². The van der Waals surface area contributed by atoms with Crippen molar-refractivity contribution in [1.82, 2.24) is 9.13 Å². The van der Waals surface area contributed by atoms with E-state index in [1.54, 1.807) is 0 Å². The highest BCUT2D eigenvalue weighted by Gasteiger charge is 2.23. The first kappa shape index (κ1) is 37.1. The molecule has 3 nitrogen and oxygen atoms in total. The zero-order chi connectivity index (χ0) is 42.6. The lowest BCUT2D eigenvalue weighted by Crippen LogP contribution is -2.04. The number of nitriles is 1. The first-order valence-electron chi connectivity index (χ1n) is 21.7. The van der Waals surface area contributed by atoms with Gasteiger partial charge in [0.25, 0.3) is 0 Å². The Bertz CT molecular complexity index is 3520. The molecule has 0 saturated carbocycles. The molecule has 0 aliphatic rings. The largest absolute Gasteiger partial charge is 0.309 e. The topological polar surface area (TPSA) is 33.6 Å². The van der Waals surface area contributed by atoms with E-state index in [2.05, 4.69) is 240 Å². The summed E-state index contributed by atoms with van der Waals surface area (Å²) >= 11 is 0. The Labute approximate surface area is 371 Å². The first-order chi connectivity index (χ1) is 31.7. The average molecular weight is 814 g/mol. The van der Waals surface area contributed by atoms with Gasteiger partial charge in [0, 0.05) is 27.1 Å². The molecule has 0 atom stereocenters. The molecule has 0 fully saturated rings. The van der Waals surface area contributed by atoms with Gasteiger partial charge in [-0.1, -0.05) is 176 Å². The Morgan fingerprint density at radius 1 is 0.266 bits per heavy atom. The minimum atomic E-state index is 0.624. The highest BCUT2D eigenvalue weighted by Crippen LogP contribution is 2.44. The zero-order valence-electron chi connectivity index (χ0n) is 34.9. The summed E-state index contributed by atoms with van der Waals surface area (Å²) in [6.45, 7) is 0.